The van der Waals surface area contributed by atoms with Crippen LogP contribution in [0.1, 0.15) is 64.4 Å². The summed E-state index contributed by atoms with van der Waals surface area (Å²) in [6.07, 6.45) is 5.49. The zero-order valence-electron chi connectivity index (χ0n) is 19.5. The number of halogens is 2. The highest BCUT2D eigenvalue weighted by Gasteiger charge is 2.59. The molecule has 1 heterocycles. The van der Waals surface area contributed by atoms with Crippen molar-refractivity contribution in [3.8, 4) is 0 Å². The molecule has 0 radical (unpaired) electrons. The van der Waals surface area contributed by atoms with Gasteiger partial charge in [-0.1, -0.05) is 12.1 Å². The SMILES string of the molecule is CC(=O)CC1CCC(N2C[C@@H]3C(C(=O)CCC(=O)Nc4cccc(C(C)(F)F)c4)[C@@H]3C2)CC1. The van der Waals surface area contributed by atoms with Crippen LogP contribution in [0, 0.1) is 23.7 Å². The number of nitrogens with zero attached hydrogens (tertiary/aromatic N) is 1. The number of hydrogen-bond acceptors (Lipinski definition) is 4. The third-order valence-corrected chi connectivity index (χ3v) is 7.75. The molecule has 0 bridgehead atoms. The predicted molar refractivity (Wildman–Crippen MR) is 122 cm³/mol. The second-order valence-electron chi connectivity index (χ2n) is 10.4. The molecule has 1 aromatic carbocycles. The molecule has 5 nitrogen and oxygen atoms in total. The summed E-state index contributed by atoms with van der Waals surface area (Å²) < 4.78 is 26.9. The zero-order chi connectivity index (χ0) is 23.8. The van der Waals surface area contributed by atoms with Crippen molar-refractivity contribution >= 4 is 23.2 Å². The Hall–Kier alpha value is -2.15. The number of alkyl halides is 2. The number of rotatable bonds is 9. The standard InChI is InChI=1S/C26H34F2N2O3/c1-16(31)12-17-6-8-20(9-7-17)30-14-21-22(15-30)25(21)23(32)10-11-24(33)29-19-5-3-4-18(13-19)26(2,27)28/h3-5,13,17,20-22,25H,6-12,14-15H2,1-2H3,(H,29,33)/t17?,20?,21-,22+,25?. The number of Topliss-reactive ketones (excluding diaryl/α,β-unsaturated/α-hetero) is 2. The molecule has 3 atom stereocenters. The van der Waals surface area contributed by atoms with E-state index in [0.717, 1.165) is 45.7 Å². The molecule has 1 amide bonds. The van der Waals surface area contributed by atoms with Gasteiger partial charge in [0.05, 0.1) is 0 Å². The van der Waals surface area contributed by atoms with Crippen LogP contribution < -0.4 is 5.32 Å². The summed E-state index contributed by atoms with van der Waals surface area (Å²) in [5.41, 5.74) is 0.169. The van der Waals surface area contributed by atoms with E-state index in [2.05, 4.69) is 10.2 Å². The van der Waals surface area contributed by atoms with Crippen molar-refractivity contribution in [3.05, 3.63) is 29.8 Å². The average molecular weight is 461 g/mol. The third-order valence-electron chi connectivity index (χ3n) is 7.75. The lowest BCUT2D eigenvalue weighted by atomic mass is 9.82. The van der Waals surface area contributed by atoms with Gasteiger partial charge in [0.15, 0.2) is 0 Å². The Morgan fingerprint density at radius 3 is 2.33 bits per heavy atom. The molecule has 3 fully saturated rings. The molecular weight excluding hydrogens is 426 g/mol. The van der Waals surface area contributed by atoms with E-state index in [4.69, 9.17) is 0 Å². The third kappa shape index (κ3) is 5.86. The van der Waals surface area contributed by atoms with Gasteiger partial charge in [-0.05, 0) is 62.5 Å². The van der Waals surface area contributed by atoms with Crippen LogP contribution in [0.3, 0.4) is 0 Å². The fourth-order valence-corrected chi connectivity index (χ4v) is 5.95. The molecule has 2 aliphatic carbocycles. The fourth-order valence-electron chi connectivity index (χ4n) is 5.95. The maximum absolute atomic E-state index is 13.5. The van der Waals surface area contributed by atoms with Crippen molar-refractivity contribution in [3.63, 3.8) is 0 Å². The Morgan fingerprint density at radius 2 is 1.73 bits per heavy atom. The molecule has 0 aromatic heterocycles. The smallest absolute Gasteiger partial charge is 0.270 e. The number of fused-ring (bicyclic) bond motifs is 1. The molecular formula is C26H34F2N2O3. The van der Waals surface area contributed by atoms with Crippen LogP contribution in [-0.4, -0.2) is 41.5 Å². The number of likely N-dealkylation sites (tertiary alicyclic amines) is 1. The fraction of sp³-hybridized carbons (Fsp3) is 0.654. The van der Waals surface area contributed by atoms with E-state index in [1.165, 1.54) is 18.2 Å². The summed E-state index contributed by atoms with van der Waals surface area (Å²) in [7, 11) is 0. The Kier molecular flexibility index (Phi) is 6.99. The summed E-state index contributed by atoms with van der Waals surface area (Å²) in [5.74, 6) is -1.41. The Bertz CT molecular complexity index is 893. The first kappa shape index (κ1) is 24.0. The largest absolute Gasteiger partial charge is 0.326 e. The number of benzene rings is 1. The summed E-state index contributed by atoms with van der Waals surface area (Å²) in [5, 5.41) is 2.63. The van der Waals surface area contributed by atoms with Gasteiger partial charge in [0, 0.05) is 62.5 Å². The van der Waals surface area contributed by atoms with Crippen molar-refractivity contribution in [1.82, 2.24) is 4.90 Å². The molecule has 180 valence electrons. The van der Waals surface area contributed by atoms with Crippen molar-refractivity contribution in [2.75, 3.05) is 18.4 Å². The Balaban J connectivity index is 1.17. The number of nitrogens with one attached hydrogen (secondary N) is 1. The van der Waals surface area contributed by atoms with E-state index in [9.17, 15) is 23.2 Å². The number of ketones is 2. The Labute approximate surface area is 194 Å². The van der Waals surface area contributed by atoms with Crippen molar-refractivity contribution in [2.45, 2.75) is 70.8 Å². The van der Waals surface area contributed by atoms with Gasteiger partial charge in [0.2, 0.25) is 5.91 Å². The van der Waals surface area contributed by atoms with Gasteiger partial charge in [-0.15, -0.1) is 0 Å². The number of hydrogen-bond donors (Lipinski definition) is 1. The quantitative estimate of drug-likeness (QED) is 0.575. The topological polar surface area (TPSA) is 66.5 Å². The van der Waals surface area contributed by atoms with Gasteiger partial charge >= 0.3 is 0 Å². The molecule has 3 aliphatic rings. The molecule has 1 saturated heterocycles. The minimum atomic E-state index is -2.97. The molecule has 1 unspecified atom stereocenters. The highest BCUT2D eigenvalue weighted by atomic mass is 19.3. The zero-order valence-corrected chi connectivity index (χ0v) is 19.5. The van der Waals surface area contributed by atoms with E-state index in [1.54, 1.807) is 13.0 Å². The van der Waals surface area contributed by atoms with Crippen molar-refractivity contribution < 1.29 is 23.2 Å². The minimum absolute atomic E-state index is 0.0743. The van der Waals surface area contributed by atoms with Crippen LogP contribution in [0.4, 0.5) is 14.5 Å². The van der Waals surface area contributed by atoms with Gasteiger partial charge < -0.3 is 10.1 Å². The summed E-state index contributed by atoms with van der Waals surface area (Å²) in [4.78, 5) is 38.8. The normalized spacial score (nSPS) is 29.4. The van der Waals surface area contributed by atoms with Crippen LogP contribution in [0.5, 0.6) is 0 Å². The van der Waals surface area contributed by atoms with Crippen LogP contribution in [-0.2, 0) is 20.3 Å². The molecule has 33 heavy (non-hydrogen) atoms. The van der Waals surface area contributed by atoms with Gasteiger partial charge in [0.25, 0.3) is 5.92 Å². The number of carbonyl (C=O) groups is 3. The van der Waals surface area contributed by atoms with E-state index >= 15 is 0 Å². The molecule has 4 rings (SSSR count). The predicted octanol–water partition coefficient (Wildman–Crippen LogP) is 4.80. The molecule has 7 heteroatoms. The summed E-state index contributed by atoms with van der Waals surface area (Å²) >= 11 is 0. The first-order valence-corrected chi connectivity index (χ1v) is 12.2. The number of carbonyl (C=O) groups excluding carboxylic acids is 3. The first-order chi connectivity index (χ1) is 15.6. The number of amides is 1. The van der Waals surface area contributed by atoms with Gasteiger partial charge in [-0.25, -0.2) is 8.78 Å². The first-order valence-electron chi connectivity index (χ1n) is 12.2. The maximum atomic E-state index is 13.5. The van der Waals surface area contributed by atoms with Crippen LogP contribution in [0.15, 0.2) is 24.3 Å². The van der Waals surface area contributed by atoms with Gasteiger partial charge in [0.1, 0.15) is 11.6 Å². The lowest BCUT2D eigenvalue weighted by molar-refractivity contribution is -0.124. The highest BCUT2D eigenvalue weighted by molar-refractivity contribution is 5.94. The minimum Gasteiger partial charge on any atom is -0.326 e. The maximum Gasteiger partial charge on any atom is 0.270 e. The second-order valence-corrected chi connectivity index (χ2v) is 10.4. The monoisotopic (exact) mass is 460 g/mol. The number of piperidine rings is 1. The molecule has 2 saturated carbocycles. The molecule has 1 aliphatic heterocycles. The molecule has 1 N–H and O–H groups in total. The number of anilines is 1. The Morgan fingerprint density at radius 1 is 1.06 bits per heavy atom. The average Bonchev–Trinajstić information content (AvgIpc) is 3.25. The van der Waals surface area contributed by atoms with Crippen LogP contribution in [0.2, 0.25) is 0 Å². The van der Waals surface area contributed by atoms with E-state index in [1.807, 2.05) is 0 Å². The van der Waals surface area contributed by atoms with Crippen LogP contribution >= 0.6 is 0 Å². The highest BCUT2D eigenvalue weighted by Crippen LogP contribution is 2.54. The lowest BCUT2D eigenvalue weighted by Gasteiger charge is -2.35. The van der Waals surface area contributed by atoms with Crippen molar-refractivity contribution in [2.24, 2.45) is 23.7 Å². The van der Waals surface area contributed by atoms with E-state index < -0.39 is 5.92 Å². The van der Waals surface area contributed by atoms with E-state index in [-0.39, 0.29) is 41.8 Å². The summed E-state index contributed by atoms with van der Waals surface area (Å²) in [6, 6.07) is 6.23. The van der Waals surface area contributed by atoms with Crippen molar-refractivity contribution in [1.29, 1.82) is 0 Å². The summed E-state index contributed by atoms with van der Waals surface area (Å²) in [6.45, 7) is 4.42. The second kappa shape index (κ2) is 9.61. The molecule has 1 aromatic rings. The van der Waals surface area contributed by atoms with Gasteiger partial charge in [-0.2, -0.15) is 0 Å². The molecule has 0 spiro atoms. The lowest BCUT2D eigenvalue weighted by Crippen LogP contribution is -2.39. The van der Waals surface area contributed by atoms with Crippen LogP contribution in [0.25, 0.3) is 0 Å². The van der Waals surface area contributed by atoms with Gasteiger partial charge in [-0.3, -0.25) is 14.5 Å². The van der Waals surface area contributed by atoms with E-state index in [0.29, 0.717) is 35.9 Å².